The van der Waals surface area contributed by atoms with Crippen LogP contribution in [-0.2, 0) is 0 Å². The minimum Gasteiger partial charge on any atom is -1.00 e. The fourth-order valence-electron chi connectivity index (χ4n) is 1.55. The summed E-state index contributed by atoms with van der Waals surface area (Å²) in [4.78, 5) is 0.751. The third kappa shape index (κ3) is 14.9. The Morgan fingerprint density at radius 1 is 1.00 bits per heavy atom. The predicted molar refractivity (Wildman–Crippen MR) is 69.0 cm³/mol. The number of nitrogens with zero attached hydrogens (tertiary/aromatic N) is 1. The summed E-state index contributed by atoms with van der Waals surface area (Å²) in [5.41, 5.74) is 0. The number of hydrogen-bond donors (Lipinski definition) is 0. The van der Waals surface area contributed by atoms with Gasteiger partial charge in [-0.15, -0.1) is 0 Å². The third-order valence-corrected chi connectivity index (χ3v) is 3.38. The average Bonchev–Trinajstić information content (AvgIpc) is 2.02. The van der Waals surface area contributed by atoms with E-state index in [0.29, 0.717) is 0 Å². The van der Waals surface area contributed by atoms with Crippen molar-refractivity contribution in [3.05, 3.63) is 0 Å². The molecule has 1 nitrogen and oxygen atoms in total. The first-order chi connectivity index (χ1) is 6.45. The normalized spacial score (nSPS) is 13.4. The molecule has 1 atom stereocenters. The first-order valence-corrected chi connectivity index (χ1v) is 6.82. The van der Waals surface area contributed by atoms with Gasteiger partial charge >= 0.3 is 0 Å². The zero-order chi connectivity index (χ0) is 11.0. The van der Waals surface area contributed by atoms with Crippen molar-refractivity contribution >= 4 is 15.9 Å². The highest BCUT2D eigenvalue weighted by Crippen LogP contribution is 2.16. The topological polar surface area (TPSA) is 0 Å². The van der Waals surface area contributed by atoms with Gasteiger partial charge in [-0.2, -0.15) is 0 Å². The number of rotatable bonds is 8. The van der Waals surface area contributed by atoms with Crippen LogP contribution in [0.2, 0.25) is 0 Å². The fourth-order valence-corrected chi connectivity index (χ4v) is 2.19. The van der Waals surface area contributed by atoms with Crippen LogP contribution in [-0.4, -0.2) is 37.0 Å². The van der Waals surface area contributed by atoms with Crippen molar-refractivity contribution in [3.63, 3.8) is 0 Å². The van der Waals surface area contributed by atoms with E-state index in [-0.39, 0.29) is 17.0 Å². The highest BCUT2D eigenvalue weighted by Gasteiger charge is 2.09. The molecule has 0 heterocycles. The van der Waals surface area contributed by atoms with Crippen LogP contribution in [0.4, 0.5) is 0 Å². The van der Waals surface area contributed by atoms with Gasteiger partial charge in [0.15, 0.2) is 0 Å². The molecule has 0 aromatic heterocycles. The highest BCUT2D eigenvalue weighted by molar-refractivity contribution is 9.09. The van der Waals surface area contributed by atoms with Crippen LogP contribution in [0.5, 0.6) is 0 Å². The van der Waals surface area contributed by atoms with Crippen LogP contribution in [0.1, 0.15) is 45.4 Å². The zero-order valence-electron chi connectivity index (χ0n) is 10.7. The molecular formula is C12H27Br2N. The SMILES string of the molecule is CCCCCC(Br)CCC[N+](C)(C)C.[Br-]. The second kappa shape index (κ2) is 10.1. The summed E-state index contributed by atoms with van der Waals surface area (Å²) in [6, 6.07) is 0. The highest BCUT2D eigenvalue weighted by atomic mass is 79.9. The van der Waals surface area contributed by atoms with E-state index in [0.717, 1.165) is 9.31 Å². The van der Waals surface area contributed by atoms with Gasteiger partial charge in [0.1, 0.15) is 0 Å². The van der Waals surface area contributed by atoms with Gasteiger partial charge < -0.3 is 21.5 Å². The second-order valence-electron chi connectivity index (χ2n) is 5.25. The molecule has 0 radical (unpaired) electrons. The molecule has 0 aromatic carbocycles. The summed E-state index contributed by atoms with van der Waals surface area (Å²) < 4.78 is 1.09. The molecule has 0 rings (SSSR count). The van der Waals surface area contributed by atoms with Gasteiger partial charge in [0.25, 0.3) is 0 Å². The number of unbranched alkanes of at least 4 members (excludes halogenated alkanes) is 2. The molecule has 0 aliphatic rings. The molecule has 0 saturated carbocycles. The summed E-state index contributed by atoms with van der Waals surface area (Å²) in [7, 11) is 6.79. The van der Waals surface area contributed by atoms with Crippen molar-refractivity contribution in [2.24, 2.45) is 0 Å². The van der Waals surface area contributed by atoms with Crippen LogP contribution in [0.3, 0.4) is 0 Å². The molecule has 0 fully saturated rings. The smallest absolute Gasteiger partial charge is 0.0780 e. The van der Waals surface area contributed by atoms with Gasteiger partial charge in [-0.3, -0.25) is 0 Å². The average molecular weight is 345 g/mol. The molecule has 0 aliphatic carbocycles. The Bertz CT molecular complexity index is 132. The molecular weight excluding hydrogens is 318 g/mol. The Morgan fingerprint density at radius 2 is 1.53 bits per heavy atom. The quantitative estimate of drug-likeness (QED) is 0.347. The summed E-state index contributed by atoms with van der Waals surface area (Å²) in [6.07, 6.45) is 8.13. The number of quaternary nitrogens is 1. The minimum absolute atomic E-state index is 0. The lowest BCUT2D eigenvalue weighted by Gasteiger charge is -2.24. The van der Waals surface area contributed by atoms with E-state index in [1.54, 1.807) is 0 Å². The van der Waals surface area contributed by atoms with Gasteiger partial charge in [-0.25, -0.2) is 0 Å². The fraction of sp³-hybridized carbons (Fsp3) is 1.00. The second-order valence-corrected chi connectivity index (χ2v) is 6.54. The van der Waals surface area contributed by atoms with Crippen molar-refractivity contribution in [2.75, 3.05) is 27.7 Å². The Morgan fingerprint density at radius 3 is 2.00 bits per heavy atom. The number of alkyl halides is 1. The molecule has 94 valence electrons. The molecule has 0 N–H and O–H groups in total. The molecule has 0 aliphatic heterocycles. The molecule has 0 amide bonds. The molecule has 0 bridgehead atoms. The summed E-state index contributed by atoms with van der Waals surface area (Å²) in [5, 5.41) is 0. The zero-order valence-corrected chi connectivity index (χ0v) is 13.9. The van der Waals surface area contributed by atoms with Crippen molar-refractivity contribution in [1.29, 1.82) is 0 Å². The van der Waals surface area contributed by atoms with E-state index >= 15 is 0 Å². The molecule has 1 unspecified atom stereocenters. The van der Waals surface area contributed by atoms with Gasteiger partial charge in [0, 0.05) is 4.83 Å². The van der Waals surface area contributed by atoms with Gasteiger partial charge in [0.2, 0.25) is 0 Å². The maximum atomic E-state index is 3.77. The monoisotopic (exact) mass is 343 g/mol. The van der Waals surface area contributed by atoms with E-state index in [1.807, 2.05) is 0 Å². The van der Waals surface area contributed by atoms with Crippen LogP contribution < -0.4 is 17.0 Å². The van der Waals surface area contributed by atoms with Gasteiger partial charge in [-0.1, -0.05) is 42.1 Å². The van der Waals surface area contributed by atoms with Crippen LogP contribution in [0, 0.1) is 0 Å². The standard InChI is InChI=1S/C12H27BrN.BrH/c1-5-6-7-9-12(13)10-8-11-14(2,3)4;/h12H,5-11H2,1-4H3;1H/q+1;/p-1. The van der Waals surface area contributed by atoms with Gasteiger partial charge in [0.05, 0.1) is 27.7 Å². The summed E-state index contributed by atoms with van der Waals surface area (Å²) >= 11 is 3.77. The third-order valence-electron chi connectivity index (χ3n) is 2.47. The molecule has 15 heavy (non-hydrogen) atoms. The van der Waals surface area contributed by atoms with Crippen LogP contribution in [0.15, 0.2) is 0 Å². The van der Waals surface area contributed by atoms with Crippen molar-refractivity contribution in [1.82, 2.24) is 0 Å². The molecule has 0 spiro atoms. The summed E-state index contributed by atoms with van der Waals surface area (Å²) in [5.74, 6) is 0. The van der Waals surface area contributed by atoms with E-state index < -0.39 is 0 Å². The predicted octanol–water partition coefficient (Wildman–Crippen LogP) is 0.821. The lowest BCUT2D eigenvalue weighted by atomic mass is 10.1. The maximum absolute atomic E-state index is 3.77. The Balaban J connectivity index is 0. The molecule has 0 aromatic rings. The van der Waals surface area contributed by atoms with Crippen LogP contribution >= 0.6 is 15.9 Å². The lowest BCUT2D eigenvalue weighted by molar-refractivity contribution is -0.870. The van der Waals surface area contributed by atoms with E-state index in [2.05, 4.69) is 44.0 Å². The lowest BCUT2D eigenvalue weighted by Crippen LogP contribution is -3.00. The van der Waals surface area contributed by atoms with E-state index in [1.165, 1.54) is 45.1 Å². The Labute approximate surface area is 115 Å². The van der Waals surface area contributed by atoms with Crippen molar-refractivity contribution in [3.8, 4) is 0 Å². The molecule has 3 heteroatoms. The van der Waals surface area contributed by atoms with Crippen molar-refractivity contribution in [2.45, 2.75) is 50.3 Å². The van der Waals surface area contributed by atoms with Crippen LogP contribution in [0.25, 0.3) is 0 Å². The first-order valence-electron chi connectivity index (χ1n) is 5.90. The minimum atomic E-state index is 0. The number of halogens is 2. The number of hydrogen-bond acceptors (Lipinski definition) is 0. The Kier molecular flexibility index (Phi) is 12.3. The largest absolute Gasteiger partial charge is 1.00 e. The first kappa shape index (κ1) is 18.3. The summed E-state index contributed by atoms with van der Waals surface area (Å²) in [6.45, 7) is 3.55. The Hall–Kier alpha value is 0.920. The maximum Gasteiger partial charge on any atom is 0.0780 e. The van der Waals surface area contributed by atoms with E-state index in [9.17, 15) is 0 Å². The van der Waals surface area contributed by atoms with E-state index in [4.69, 9.17) is 0 Å². The van der Waals surface area contributed by atoms with Gasteiger partial charge in [-0.05, 0) is 19.3 Å². The molecule has 0 saturated heterocycles. The van der Waals surface area contributed by atoms with Crippen molar-refractivity contribution < 1.29 is 21.5 Å².